The van der Waals surface area contributed by atoms with Crippen LogP contribution in [0.5, 0.6) is 11.5 Å². The first-order valence-corrected chi connectivity index (χ1v) is 9.70. The van der Waals surface area contributed by atoms with Crippen LogP contribution in [0.3, 0.4) is 0 Å². The van der Waals surface area contributed by atoms with Crippen molar-refractivity contribution >= 4 is 18.1 Å². The Morgan fingerprint density at radius 2 is 1.08 bits per heavy atom. The van der Waals surface area contributed by atoms with Gasteiger partial charge in [-0.05, 0) is 38.1 Å². The molecule has 0 N–H and O–H groups in total. The standard InChI is InChI=1S/C18H24O5P2/c1-15(20-24-22-17-9-5-3-6-10-17)13-19-14-16(2)21-25-23-18-11-7-4-8-12-18/h3-12,15-16,24-25H,13-14H2,1-2H3. The van der Waals surface area contributed by atoms with Gasteiger partial charge < -0.3 is 22.8 Å². The fourth-order valence-corrected chi connectivity index (χ4v) is 2.78. The van der Waals surface area contributed by atoms with Gasteiger partial charge in [-0.15, -0.1) is 0 Å². The average Bonchev–Trinajstić information content (AvgIpc) is 2.63. The molecule has 136 valence electrons. The van der Waals surface area contributed by atoms with Crippen LogP contribution in [0.15, 0.2) is 60.7 Å². The minimum absolute atomic E-state index is 0.0442. The second-order valence-corrected chi connectivity index (χ2v) is 6.60. The third-order valence-electron chi connectivity index (χ3n) is 3.01. The van der Waals surface area contributed by atoms with Crippen LogP contribution in [0.2, 0.25) is 0 Å². The number of para-hydroxylation sites is 2. The van der Waals surface area contributed by atoms with Gasteiger partial charge >= 0.3 is 0 Å². The highest BCUT2D eigenvalue weighted by Gasteiger charge is 2.07. The second-order valence-electron chi connectivity index (χ2n) is 5.39. The van der Waals surface area contributed by atoms with Gasteiger partial charge in [0.05, 0.1) is 25.4 Å². The summed E-state index contributed by atoms with van der Waals surface area (Å²) in [7, 11) is -0.0999. The van der Waals surface area contributed by atoms with Gasteiger partial charge in [0.25, 0.3) is 0 Å². The molecule has 0 aliphatic carbocycles. The molecule has 0 aliphatic heterocycles. The summed E-state index contributed by atoms with van der Waals surface area (Å²) in [6, 6.07) is 19.2. The Balaban J connectivity index is 1.48. The molecule has 25 heavy (non-hydrogen) atoms. The van der Waals surface area contributed by atoms with Crippen LogP contribution in [-0.2, 0) is 13.8 Å². The highest BCUT2D eigenvalue weighted by Crippen LogP contribution is 2.23. The molecule has 0 saturated carbocycles. The molecule has 0 amide bonds. The lowest BCUT2D eigenvalue weighted by molar-refractivity contribution is 0.0235. The van der Waals surface area contributed by atoms with Crippen LogP contribution in [0.25, 0.3) is 0 Å². The molecule has 0 aromatic heterocycles. The van der Waals surface area contributed by atoms with Gasteiger partial charge in [0.15, 0.2) is 0 Å². The van der Waals surface area contributed by atoms with E-state index in [2.05, 4.69) is 0 Å². The predicted octanol–water partition coefficient (Wildman–Crippen LogP) is 4.99. The van der Waals surface area contributed by atoms with E-state index in [9.17, 15) is 0 Å². The fourth-order valence-electron chi connectivity index (χ4n) is 1.75. The number of rotatable bonds is 12. The van der Waals surface area contributed by atoms with E-state index in [4.69, 9.17) is 22.8 Å². The van der Waals surface area contributed by atoms with Gasteiger partial charge in [-0.2, -0.15) is 0 Å². The Hall–Kier alpha value is -1.22. The van der Waals surface area contributed by atoms with Gasteiger partial charge in [0, 0.05) is 0 Å². The maximum absolute atomic E-state index is 5.61. The molecule has 0 radical (unpaired) electrons. The smallest absolute Gasteiger partial charge is 0.215 e. The van der Waals surface area contributed by atoms with Crippen LogP contribution >= 0.6 is 18.1 Å². The predicted molar refractivity (Wildman–Crippen MR) is 103 cm³/mol. The third-order valence-corrected chi connectivity index (χ3v) is 4.64. The SMILES string of the molecule is CC(COCC(C)OPOc1ccccc1)OPOc1ccccc1. The van der Waals surface area contributed by atoms with Crippen molar-refractivity contribution in [3.05, 3.63) is 60.7 Å². The van der Waals surface area contributed by atoms with Crippen molar-refractivity contribution in [3.63, 3.8) is 0 Å². The molecule has 0 heterocycles. The molecule has 0 fully saturated rings. The summed E-state index contributed by atoms with van der Waals surface area (Å²) in [4.78, 5) is 0. The van der Waals surface area contributed by atoms with E-state index in [0.29, 0.717) is 13.2 Å². The van der Waals surface area contributed by atoms with Crippen LogP contribution in [-0.4, -0.2) is 25.4 Å². The molecule has 2 aromatic carbocycles. The first-order chi connectivity index (χ1) is 12.2. The fraction of sp³-hybridized carbons (Fsp3) is 0.333. The van der Waals surface area contributed by atoms with Crippen molar-refractivity contribution < 1.29 is 22.8 Å². The number of hydrogen-bond acceptors (Lipinski definition) is 5. The van der Waals surface area contributed by atoms with Crippen LogP contribution in [0, 0.1) is 0 Å². The van der Waals surface area contributed by atoms with E-state index >= 15 is 0 Å². The van der Waals surface area contributed by atoms with Crippen LogP contribution in [0.1, 0.15) is 13.8 Å². The Morgan fingerprint density at radius 1 is 0.680 bits per heavy atom. The molecule has 7 heteroatoms. The lowest BCUT2D eigenvalue weighted by Crippen LogP contribution is -2.19. The van der Waals surface area contributed by atoms with E-state index in [1.54, 1.807) is 0 Å². The van der Waals surface area contributed by atoms with E-state index < -0.39 is 0 Å². The van der Waals surface area contributed by atoms with Gasteiger partial charge in [0.2, 0.25) is 18.1 Å². The van der Waals surface area contributed by atoms with E-state index in [0.717, 1.165) is 11.5 Å². The second kappa shape index (κ2) is 12.2. The van der Waals surface area contributed by atoms with Crippen molar-refractivity contribution in [3.8, 4) is 11.5 Å². The molecule has 0 saturated heterocycles. The van der Waals surface area contributed by atoms with Crippen molar-refractivity contribution in [2.75, 3.05) is 13.2 Å². The first kappa shape index (κ1) is 20.1. The Kier molecular flexibility index (Phi) is 9.79. The number of ether oxygens (including phenoxy) is 1. The van der Waals surface area contributed by atoms with E-state index in [-0.39, 0.29) is 30.3 Å². The Labute approximate surface area is 152 Å². The molecular weight excluding hydrogens is 358 g/mol. The molecule has 2 aromatic rings. The van der Waals surface area contributed by atoms with Gasteiger partial charge in [-0.25, -0.2) is 0 Å². The summed E-state index contributed by atoms with van der Waals surface area (Å²) in [5.74, 6) is 1.60. The molecule has 0 aliphatic rings. The van der Waals surface area contributed by atoms with Crippen LogP contribution < -0.4 is 9.05 Å². The molecule has 5 nitrogen and oxygen atoms in total. The summed E-state index contributed by atoms with van der Waals surface area (Å²) in [5, 5.41) is 0. The largest absolute Gasteiger partial charge is 0.450 e. The maximum Gasteiger partial charge on any atom is 0.215 e. The van der Waals surface area contributed by atoms with Gasteiger partial charge in [-0.1, -0.05) is 36.4 Å². The average molecular weight is 382 g/mol. The highest BCUT2D eigenvalue weighted by molar-refractivity contribution is 7.26. The molecular formula is C18H24O5P2. The quantitative estimate of drug-likeness (QED) is 0.484. The minimum Gasteiger partial charge on any atom is -0.450 e. The van der Waals surface area contributed by atoms with Crippen molar-refractivity contribution in [2.45, 2.75) is 26.1 Å². The topological polar surface area (TPSA) is 46.2 Å². The molecule has 2 rings (SSSR count). The van der Waals surface area contributed by atoms with Crippen molar-refractivity contribution in [1.82, 2.24) is 0 Å². The molecule has 0 bridgehead atoms. The van der Waals surface area contributed by atoms with Crippen molar-refractivity contribution in [2.24, 2.45) is 0 Å². The third kappa shape index (κ3) is 9.15. The summed E-state index contributed by atoms with van der Waals surface area (Å²) in [5.41, 5.74) is 0. The summed E-state index contributed by atoms with van der Waals surface area (Å²) in [6.45, 7) is 4.88. The summed E-state index contributed by atoms with van der Waals surface area (Å²) in [6.07, 6.45) is -0.0884. The maximum atomic E-state index is 5.61. The Morgan fingerprint density at radius 3 is 1.48 bits per heavy atom. The summed E-state index contributed by atoms with van der Waals surface area (Å²) >= 11 is 0. The first-order valence-electron chi connectivity index (χ1n) is 8.07. The highest BCUT2D eigenvalue weighted by atomic mass is 31.1. The zero-order chi connectivity index (χ0) is 17.7. The minimum atomic E-state index is -0.0499. The zero-order valence-electron chi connectivity index (χ0n) is 14.4. The summed E-state index contributed by atoms with van der Waals surface area (Å²) < 4.78 is 27.8. The number of benzene rings is 2. The normalized spacial score (nSPS) is 14.2. The van der Waals surface area contributed by atoms with Crippen molar-refractivity contribution in [1.29, 1.82) is 0 Å². The van der Waals surface area contributed by atoms with E-state index in [1.807, 2.05) is 74.5 Å². The Bertz CT molecular complexity index is 519. The lowest BCUT2D eigenvalue weighted by Gasteiger charge is -2.16. The lowest BCUT2D eigenvalue weighted by atomic mass is 10.3. The van der Waals surface area contributed by atoms with Crippen LogP contribution in [0.4, 0.5) is 0 Å². The molecule has 4 unspecified atom stereocenters. The van der Waals surface area contributed by atoms with Gasteiger partial charge in [0.1, 0.15) is 11.5 Å². The van der Waals surface area contributed by atoms with E-state index in [1.165, 1.54) is 0 Å². The molecule has 0 spiro atoms. The number of hydrogen-bond donors (Lipinski definition) is 0. The van der Waals surface area contributed by atoms with Gasteiger partial charge in [-0.3, -0.25) is 0 Å². The zero-order valence-corrected chi connectivity index (χ0v) is 16.4. The monoisotopic (exact) mass is 382 g/mol. The molecule has 4 atom stereocenters.